The van der Waals surface area contributed by atoms with Crippen LogP contribution in [0.3, 0.4) is 0 Å². The third-order valence-corrected chi connectivity index (χ3v) is 3.45. The van der Waals surface area contributed by atoms with Crippen LogP contribution in [0.15, 0.2) is 48.5 Å². The number of nitriles is 1. The van der Waals surface area contributed by atoms with Gasteiger partial charge in [-0.3, -0.25) is 0 Å². The predicted octanol–water partition coefficient (Wildman–Crippen LogP) is 4.27. The van der Waals surface area contributed by atoms with E-state index in [-0.39, 0.29) is 0 Å². The molecule has 2 aromatic rings. The van der Waals surface area contributed by atoms with E-state index in [9.17, 15) is 0 Å². The minimum atomic E-state index is 0.470. The van der Waals surface area contributed by atoms with Crippen LogP contribution in [0.5, 0.6) is 5.75 Å². The summed E-state index contributed by atoms with van der Waals surface area (Å²) in [5.41, 5.74) is 2.08. The minimum Gasteiger partial charge on any atom is -0.496 e. The second-order valence-corrected chi connectivity index (χ2v) is 5.06. The lowest BCUT2D eigenvalue weighted by Gasteiger charge is -2.25. The van der Waals surface area contributed by atoms with Crippen molar-refractivity contribution in [3.8, 4) is 11.8 Å². The summed E-state index contributed by atoms with van der Waals surface area (Å²) in [7, 11) is 1.65. The predicted molar refractivity (Wildman–Crippen MR) is 85.7 cm³/mol. The highest BCUT2D eigenvalue weighted by Crippen LogP contribution is 2.26. The van der Waals surface area contributed by atoms with Gasteiger partial charge in [-0.25, -0.2) is 0 Å². The number of methoxy groups -OCH3 is 1. The molecule has 0 bridgehead atoms. The van der Waals surface area contributed by atoms with Crippen LogP contribution in [0, 0.1) is 11.3 Å². The first-order valence-corrected chi connectivity index (χ1v) is 7.11. The van der Waals surface area contributed by atoms with Crippen molar-refractivity contribution in [3.63, 3.8) is 0 Å². The summed E-state index contributed by atoms with van der Waals surface area (Å²) < 4.78 is 5.39. The molecule has 0 spiro atoms. The Hall–Kier alpha value is -2.18. The van der Waals surface area contributed by atoms with Crippen LogP contribution in [0.4, 0.5) is 5.69 Å². The molecule has 0 aromatic heterocycles. The van der Waals surface area contributed by atoms with Gasteiger partial charge in [0.25, 0.3) is 0 Å². The van der Waals surface area contributed by atoms with Crippen molar-refractivity contribution in [2.45, 2.75) is 13.0 Å². The highest BCUT2D eigenvalue weighted by atomic mass is 35.5. The maximum absolute atomic E-state index is 8.85. The van der Waals surface area contributed by atoms with Crippen LogP contribution in [0.1, 0.15) is 12.0 Å². The van der Waals surface area contributed by atoms with Gasteiger partial charge in [0.2, 0.25) is 0 Å². The van der Waals surface area contributed by atoms with E-state index in [0.29, 0.717) is 24.5 Å². The molecule has 0 radical (unpaired) electrons. The molecule has 0 heterocycles. The summed E-state index contributed by atoms with van der Waals surface area (Å²) in [6, 6.07) is 17.8. The van der Waals surface area contributed by atoms with Crippen LogP contribution in [-0.2, 0) is 6.54 Å². The van der Waals surface area contributed by atoms with E-state index in [1.165, 1.54) is 0 Å². The molecule has 0 saturated heterocycles. The summed E-state index contributed by atoms with van der Waals surface area (Å²) in [5, 5.41) is 9.53. The van der Waals surface area contributed by atoms with Crippen LogP contribution in [-0.4, -0.2) is 13.7 Å². The first kappa shape index (κ1) is 15.2. The summed E-state index contributed by atoms with van der Waals surface area (Å²) in [6.07, 6.45) is 0.470. The number of nitrogens with zero attached hydrogens (tertiary/aromatic N) is 2. The topological polar surface area (TPSA) is 36.3 Å². The fourth-order valence-electron chi connectivity index (χ4n) is 2.20. The molecule has 108 valence electrons. The Morgan fingerprint density at radius 2 is 1.95 bits per heavy atom. The molecule has 2 rings (SSSR count). The van der Waals surface area contributed by atoms with E-state index in [2.05, 4.69) is 11.0 Å². The van der Waals surface area contributed by atoms with Crippen molar-refractivity contribution >= 4 is 17.3 Å². The lowest BCUT2D eigenvalue weighted by molar-refractivity contribution is 0.409. The summed E-state index contributed by atoms with van der Waals surface area (Å²) in [4.78, 5) is 2.15. The van der Waals surface area contributed by atoms with E-state index in [1.54, 1.807) is 7.11 Å². The van der Waals surface area contributed by atoms with Gasteiger partial charge in [0, 0.05) is 29.4 Å². The summed E-state index contributed by atoms with van der Waals surface area (Å²) in [6.45, 7) is 1.31. The first-order chi connectivity index (χ1) is 10.2. The van der Waals surface area contributed by atoms with Gasteiger partial charge in [-0.2, -0.15) is 5.26 Å². The van der Waals surface area contributed by atoms with Crippen LogP contribution in [0.25, 0.3) is 0 Å². The van der Waals surface area contributed by atoms with Crippen molar-refractivity contribution in [2.75, 3.05) is 18.6 Å². The molecule has 0 aliphatic carbocycles. The van der Waals surface area contributed by atoms with Crippen molar-refractivity contribution < 1.29 is 4.74 Å². The number of anilines is 1. The molecular weight excluding hydrogens is 284 g/mol. The SMILES string of the molecule is COc1ccc(Cl)cc1CN(CCC#N)c1ccccc1. The van der Waals surface area contributed by atoms with Gasteiger partial charge in [0.15, 0.2) is 0 Å². The van der Waals surface area contributed by atoms with Gasteiger partial charge >= 0.3 is 0 Å². The molecule has 0 unspecified atom stereocenters. The molecule has 0 aliphatic heterocycles. The molecule has 21 heavy (non-hydrogen) atoms. The maximum Gasteiger partial charge on any atom is 0.123 e. The normalized spacial score (nSPS) is 9.95. The Labute approximate surface area is 130 Å². The quantitative estimate of drug-likeness (QED) is 0.799. The standard InChI is InChI=1S/C17H17ClN2O/c1-21-17-9-8-15(18)12-14(17)13-20(11-5-10-19)16-6-3-2-4-7-16/h2-4,6-9,12H,5,11,13H2,1H3. The molecule has 2 aromatic carbocycles. The van der Waals surface area contributed by atoms with Crippen LogP contribution in [0.2, 0.25) is 5.02 Å². The zero-order valence-corrected chi connectivity index (χ0v) is 12.7. The van der Waals surface area contributed by atoms with E-state index in [4.69, 9.17) is 21.6 Å². The second kappa shape index (κ2) is 7.56. The lowest BCUT2D eigenvalue weighted by Crippen LogP contribution is -2.23. The number of hydrogen-bond donors (Lipinski definition) is 0. The molecule has 0 amide bonds. The largest absolute Gasteiger partial charge is 0.496 e. The zero-order chi connectivity index (χ0) is 15.1. The maximum atomic E-state index is 8.85. The van der Waals surface area contributed by atoms with Crippen molar-refractivity contribution in [3.05, 3.63) is 59.1 Å². The number of ether oxygens (including phenoxy) is 1. The molecule has 4 heteroatoms. The monoisotopic (exact) mass is 300 g/mol. The van der Waals surface area contributed by atoms with E-state index in [1.807, 2.05) is 48.5 Å². The Kier molecular flexibility index (Phi) is 5.48. The van der Waals surface area contributed by atoms with Gasteiger partial charge in [-0.15, -0.1) is 0 Å². The Morgan fingerprint density at radius 1 is 1.19 bits per heavy atom. The van der Waals surface area contributed by atoms with E-state index in [0.717, 1.165) is 17.0 Å². The average Bonchev–Trinajstić information content (AvgIpc) is 2.52. The zero-order valence-electron chi connectivity index (χ0n) is 11.9. The van der Waals surface area contributed by atoms with Crippen molar-refractivity contribution in [1.82, 2.24) is 0 Å². The lowest BCUT2D eigenvalue weighted by atomic mass is 10.1. The number of para-hydroxylation sites is 1. The van der Waals surface area contributed by atoms with Crippen LogP contribution < -0.4 is 9.64 Å². The third-order valence-electron chi connectivity index (χ3n) is 3.22. The Balaban J connectivity index is 2.27. The molecule has 0 atom stereocenters. The summed E-state index contributed by atoms with van der Waals surface area (Å²) >= 11 is 6.08. The second-order valence-electron chi connectivity index (χ2n) is 4.62. The fraction of sp³-hybridized carbons (Fsp3) is 0.235. The van der Waals surface area contributed by atoms with E-state index >= 15 is 0 Å². The van der Waals surface area contributed by atoms with Gasteiger partial charge in [-0.1, -0.05) is 29.8 Å². The van der Waals surface area contributed by atoms with Crippen molar-refractivity contribution in [2.24, 2.45) is 0 Å². The van der Waals surface area contributed by atoms with E-state index < -0.39 is 0 Å². The Morgan fingerprint density at radius 3 is 2.62 bits per heavy atom. The highest BCUT2D eigenvalue weighted by molar-refractivity contribution is 6.30. The number of benzene rings is 2. The molecule has 0 saturated carbocycles. The third kappa shape index (κ3) is 4.14. The van der Waals surface area contributed by atoms with Gasteiger partial charge < -0.3 is 9.64 Å². The number of halogens is 1. The molecule has 0 fully saturated rings. The average molecular weight is 301 g/mol. The summed E-state index contributed by atoms with van der Waals surface area (Å²) in [5.74, 6) is 0.803. The minimum absolute atomic E-state index is 0.470. The highest BCUT2D eigenvalue weighted by Gasteiger charge is 2.11. The first-order valence-electron chi connectivity index (χ1n) is 6.74. The van der Waals surface area contributed by atoms with Gasteiger partial charge in [0.1, 0.15) is 5.75 Å². The van der Waals surface area contributed by atoms with Gasteiger partial charge in [0.05, 0.1) is 19.6 Å². The molecule has 3 nitrogen and oxygen atoms in total. The molecule has 0 aliphatic rings. The smallest absolute Gasteiger partial charge is 0.123 e. The molecule has 0 N–H and O–H groups in total. The molecular formula is C17H17ClN2O. The fourth-order valence-corrected chi connectivity index (χ4v) is 2.39. The van der Waals surface area contributed by atoms with Crippen LogP contribution >= 0.6 is 11.6 Å². The van der Waals surface area contributed by atoms with Gasteiger partial charge in [-0.05, 0) is 30.3 Å². The van der Waals surface area contributed by atoms with Crippen molar-refractivity contribution in [1.29, 1.82) is 5.26 Å². The Bertz CT molecular complexity index is 622. The number of rotatable bonds is 6. The number of hydrogen-bond acceptors (Lipinski definition) is 3.